The Kier molecular flexibility index (Phi) is 8.10. The molecule has 2 rings (SSSR count). The van der Waals surface area contributed by atoms with Crippen LogP contribution in [0.4, 0.5) is 0 Å². The number of carbonyl (C=O) groups excluding carboxylic acids is 2. The lowest BCUT2D eigenvalue weighted by atomic mass is 10.0. The van der Waals surface area contributed by atoms with E-state index in [1.54, 1.807) is 6.08 Å². The molecule has 0 heterocycles. The molecule has 0 aliphatic carbocycles. The van der Waals surface area contributed by atoms with Gasteiger partial charge in [0.1, 0.15) is 5.75 Å². The minimum absolute atomic E-state index is 0.181. The number of ether oxygens (including phenoxy) is 2. The van der Waals surface area contributed by atoms with E-state index in [0.717, 1.165) is 11.1 Å². The van der Waals surface area contributed by atoms with Gasteiger partial charge in [0.2, 0.25) is 0 Å². The average Bonchev–Trinajstić information content (AvgIpc) is 2.70. The number of esters is 1. The van der Waals surface area contributed by atoms with Crippen molar-refractivity contribution >= 4 is 18.0 Å². The summed E-state index contributed by atoms with van der Waals surface area (Å²) in [4.78, 5) is 23.7. The smallest absolute Gasteiger partial charge is 0.331 e. The second-order valence-electron chi connectivity index (χ2n) is 6.03. The van der Waals surface area contributed by atoms with Gasteiger partial charge in [0.05, 0.1) is 6.61 Å². The summed E-state index contributed by atoms with van der Waals surface area (Å²) in [5, 5.41) is 2.78. The van der Waals surface area contributed by atoms with Crippen molar-refractivity contribution in [2.45, 2.75) is 19.8 Å². The summed E-state index contributed by atoms with van der Waals surface area (Å²) in [6, 6.07) is 17.3. The number of carbonyl (C=O) groups is 2. The molecular weight excluding hydrogens is 342 g/mol. The number of benzene rings is 2. The molecule has 1 amide bonds. The van der Waals surface area contributed by atoms with Gasteiger partial charge in [0.15, 0.2) is 6.61 Å². The van der Waals surface area contributed by atoms with Crippen molar-refractivity contribution in [3.63, 3.8) is 0 Å². The molecule has 27 heavy (non-hydrogen) atoms. The Morgan fingerprint density at radius 3 is 2.52 bits per heavy atom. The fraction of sp³-hybridized carbons (Fsp3) is 0.273. The van der Waals surface area contributed by atoms with E-state index in [1.807, 2.05) is 68.4 Å². The van der Waals surface area contributed by atoms with Gasteiger partial charge < -0.3 is 14.8 Å². The fourth-order valence-corrected chi connectivity index (χ4v) is 2.47. The van der Waals surface area contributed by atoms with Crippen LogP contribution in [0.1, 0.15) is 30.9 Å². The molecule has 0 bridgehead atoms. The summed E-state index contributed by atoms with van der Waals surface area (Å²) >= 11 is 0. The topological polar surface area (TPSA) is 64.6 Å². The largest absolute Gasteiger partial charge is 0.493 e. The third kappa shape index (κ3) is 6.98. The standard InChI is InChI=1S/C22H25NO4/c1-3-26-20-12-8-7-11-19(20)13-14-22(25)27-16-21(24)23-15-17(2)18-9-5-4-6-10-18/h4-14,17H,3,15-16H2,1-2H3,(H,23,24)/b14-13+/t17-/m1/s1. The maximum absolute atomic E-state index is 11.9. The fourth-order valence-electron chi connectivity index (χ4n) is 2.47. The first-order valence-corrected chi connectivity index (χ1v) is 8.98. The summed E-state index contributed by atoms with van der Waals surface area (Å²) < 4.78 is 10.5. The lowest BCUT2D eigenvalue weighted by Gasteiger charge is -2.12. The molecule has 1 N–H and O–H groups in total. The van der Waals surface area contributed by atoms with Gasteiger partial charge in [-0.3, -0.25) is 4.79 Å². The van der Waals surface area contributed by atoms with Crippen LogP contribution in [0.2, 0.25) is 0 Å². The first kappa shape index (κ1) is 20.2. The van der Waals surface area contributed by atoms with E-state index in [0.29, 0.717) is 18.9 Å². The highest BCUT2D eigenvalue weighted by atomic mass is 16.5. The molecule has 0 unspecified atom stereocenters. The maximum Gasteiger partial charge on any atom is 0.331 e. The summed E-state index contributed by atoms with van der Waals surface area (Å²) in [7, 11) is 0. The van der Waals surface area contributed by atoms with E-state index in [-0.39, 0.29) is 18.4 Å². The monoisotopic (exact) mass is 367 g/mol. The second kappa shape index (κ2) is 10.8. The Labute approximate surface area is 160 Å². The molecule has 5 nitrogen and oxygen atoms in total. The Morgan fingerprint density at radius 2 is 1.78 bits per heavy atom. The zero-order valence-corrected chi connectivity index (χ0v) is 15.7. The third-order valence-corrected chi connectivity index (χ3v) is 3.94. The Hall–Kier alpha value is -3.08. The van der Waals surface area contributed by atoms with Gasteiger partial charge >= 0.3 is 5.97 Å². The molecule has 2 aromatic rings. The normalized spacial score (nSPS) is 11.8. The van der Waals surface area contributed by atoms with E-state index in [9.17, 15) is 9.59 Å². The zero-order chi connectivity index (χ0) is 19.5. The molecule has 2 aromatic carbocycles. The maximum atomic E-state index is 11.9. The molecule has 5 heteroatoms. The van der Waals surface area contributed by atoms with Crippen LogP contribution in [0.25, 0.3) is 6.08 Å². The predicted molar refractivity (Wildman–Crippen MR) is 105 cm³/mol. The van der Waals surface area contributed by atoms with Crippen LogP contribution in [-0.4, -0.2) is 31.6 Å². The van der Waals surface area contributed by atoms with E-state index in [2.05, 4.69) is 5.32 Å². The lowest BCUT2D eigenvalue weighted by molar-refractivity contribution is -0.143. The number of hydrogen-bond acceptors (Lipinski definition) is 4. The Balaban J connectivity index is 1.76. The molecule has 0 spiro atoms. The van der Waals surface area contributed by atoms with E-state index >= 15 is 0 Å². The first-order chi connectivity index (χ1) is 13.1. The number of para-hydroxylation sites is 1. The molecular formula is C22H25NO4. The average molecular weight is 367 g/mol. The molecule has 142 valence electrons. The summed E-state index contributed by atoms with van der Waals surface area (Å²) in [6.45, 7) is 4.64. The number of rotatable bonds is 9. The Bertz CT molecular complexity index is 771. The van der Waals surface area contributed by atoms with Gasteiger partial charge in [-0.1, -0.05) is 55.5 Å². The highest BCUT2D eigenvalue weighted by Gasteiger charge is 2.09. The van der Waals surface area contributed by atoms with Crippen LogP contribution in [0, 0.1) is 0 Å². The number of amides is 1. The van der Waals surface area contributed by atoms with Gasteiger partial charge in [0.25, 0.3) is 5.91 Å². The molecule has 1 atom stereocenters. The Morgan fingerprint density at radius 1 is 1.07 bits per heavy atom. The van der Waals surface area contributed by atoms with Crippen molar-refractivity contribution in [3.8, 4) is 5.75 Å². The van der Waals surface area contributed by atoms with Crippen molar-refractivity contribution in [2.24, 2.45) is 0 Å². The lowest BCUT2D eigenvalue weighted by Crippen LogP contribution is -2.31. The molecule has 0 aromatic heterocycles. The zero-order valence-electron chi connectivity index (χ0n) is 15.7. The minimum Gasteiger partial charge on any atom is -0.493 e. The molecule has 0 saturated heterocycles. The van der Waals surface area contributed by atoms with E-state index in [4.69, 9.17) is 9.47 Å². The van der Waals surface area contributed by atoms with Crippen LogP contribution in [0.3, 0.4) is 0 Å². The third-order valence-electron chi connectivity index (χ3n) is 3.94. The van der Waals surface area contributed by atoms with E-state index in [1.165, 1.54) is 6.08 Å². The van der Waals surface area contributed by atoms with Crippen molar-refractivity contribution < 1.29 is 19.1 Å². The number of hydrogen-bond donors (Lipinski definition) is 1. The van der Waals surface area contributed by atoms with Crippen LogP contribution >= 0.6 is 0 Å². The van der Waals surface area contributed by atoms with Gasteiger partial charge in [-0.2, -0.15) is 0 Å². The molecule has 0 fully saturated rings. The molecule has 0 saturated carbocycles. The summed E-state index contributed by atoms with van der Waals surface area (Å²) in [5.74, 6) is -0.0284. The van der Waals surface area contributed by atoms with Crippen LogP contribution in [0.15, 0.2) is 60.7 Å². The SMILES string of the molecule is CCOc1ccccc1/C=C/C(=O)OCC(=O)NC[C@@H](C)c1ccccc1. The van der Waals surface area contributed by atoms with Crippen molar-refractivity contribution in [2.75, 3.05) is 19.8 Å². The highest BCUT2D eigenvalue weighted by molar-refractivity contribution is 5.89. The van der Waals surface area contributed by atoms with Crippen LogP contribution in [-0.2, 0) is 14.3 Å². The predicted octanol–water partition coefficient (Wildman–Crippen LogP) is 3.56. The second-order valence-corrected chi connectivity index (χ2v) is 6.03. The van der Waals surface area contributed by atoms with Gasteiger partial charge in [0, 0.05) is 18.2 Å². The van der Waals surface area contributed by atoms with Gasteiger partial charge in [-0.05, 0) is 30.5 Å². The molecule has 0 aliphatic heterocycles. The highest BCUT2D eigenvalue weighted by Crippen LogP contribution is 2.19. The quantitative estimate of drug-likeness (QED) is 0.544. The minimum atomic E-state index is -0.576. The van der Waals surface area contributed by atoms with Crippen molar-refractivity contribution in [1.82, 2.24) is 5.32 Å². The van der Waals surface area contributed by atoms with E-state index < -0.39 is 5.97 Å². The number of nitrogens with one attached hydrogen (secondary N) is 1. The van der Waals surface area contributed by atoms with Crippen molar-refractivity contribution in [1.29, 1.82) is 0 Å². The van der Waals surface area contributed by atoms with Crippen LogP contribution in [0.5, 0.6) is 5.75 Å². The summed E-state index contributed by atoms with van der Waals surface area (Å²) in [5.41, 5.74) is 1.92. The van der Waals surface area contributed by atoms with Gasteiger partial charge in [-0.15, -0.1) is 0 Å². The van der Waals surface area contributed by atoms with Crippen molar-refractivity contribution in [3.05, 3.63) is 71.8 Å². The molecule has 0 aliphatic rings. The summed E-state index contributed by atoms with van der Waals surface area (Å²) in [6.07, 6.45) is 2.90. The first-order valence-electron chi connectivity index (χ1n) is 8.98. The molecule has 0 radical (unpaired) electrons. The van der Waals surface area contributed by atoms with Crippen LogP contribution < -0.4 is 10.1 Å². The van der Waals surface area contributed by atoms with Gasteiger partial charge in [-0.25, -0.2) is 4.79 Å².